The Morgan fingerprint density at radius 3 is 1.68 bits per heavy atom. The molecule has 0 N–H and O–H groups in total. The summed E-state index contributed by atoms with van der Waals surface area (Å²) in [6.07, 6.45) is 1.77. The fourth-order valence-corrected chi connectivity index (χ4v) is 4.71. The Labute approximate surface area is 242 Å². The molecule has 5 aromatic rings. The van der Waals surface area contributed by atoms with E-state index in [1.54, 1.807) is 0 Å². The summed E-state index contributed by atoms with van der Waals surface area (Å²) >= 11 is 0. The Morgan fingerprint density at radius 1 is 0.512 bits per heavy atom. The quantitative estimate of drug-likeness (QED) is 0.151. The van der Waals surface area contributed by atoms with Gasteiger partial charge in [0.2, 0.25) is 0 Å². The number of aryl methyl sites for hydroxylation is 1. The molecule has 4 nitrogen and oxygen atoms in total. The Kier molecular flexibility index (Phi) is 9.67. The van der Waals surface area contributed by atoms with Crippen molar-refractivity contribution < 1.29 is 14.2 Å². The van der Waals surface area contributed by atoms with Crippen LogP contribution in [0.4, 0.5) is 0 Å². The van der Waals surface area contributed by atoms with Crippen LogP contribution in [0.1, 0.15) is 33.4 Å². The molecule has 0 aliphatic carbocycles. The van der Waals surface area contributed by atoms with Gasteiger partial charge >= 0.3 is 0 Å². The summed E-state index contributed by atoms with van der Waals surface area (Å²) in [5.41, 5.74) is 6.40. The number of benzene rings is 5. The molecule has 0 aromatic heterocycles. The second kappa shape index (κ2) is 14.4. The zero-order valence-corrected chi connectivity index (χ0v) is 23.0. The lowest BCUT2D eigenvalue weighted by molar-refractivity contribution is 0.253. The molecule has 0 unspecified atom stereocenters. The summed E-state index contributed by atoms with van der Waals surface area (Å²) in [6, 6.07) is 44.8. The summed E-state index contributed by atoms with van der Waals surface area (Å²) in [6.45, 7) is 1.36. The van der Waals surface area contributed by atoms with Gasteiger partial charge in [-0.2, -0.15) is 5.26 Å². The van der Waals surface area contributed by atoms with Gasteiger partial charge in [-0.15, -0.1) is 0 Å². The molecular formula is C37H33NO3. The van der Waals surface area contributed by atoms with E-state index in [-0.39, 0.29) is 0 Å². The summed E-state index contributed by atoms with van der Waals surface area (Å²) in [4.78, 5) is 0. The van der Waals surface area contributed by atoms with Gasteiger partial charge < -0.3 is 14.2 Å². The Hall–Kier alpha value is -5.01. The van der Waals surface area contributed by atoms with E-state index in [2.05, 4.69) is 30.3 Å². The fraction of sp³-hybridized carbons (Fsp3) is 0.162. The van der Waals surface area contributed by atoms with Crippen molar-refractivity contribution in [3.8, 4) is 23.3 Å². The minimum atomic E-state index is 0.302. The van der Waals surface area contributed by atoms with E-state index in [9.17, 15) is 5.26 Å². The SMILES string of the molecule is N#CCc1ccc(OCc2ccccc2)c(OCc2ccccc2)c1CCc1cccc(OCc2ccccc2)c1. The molecule has 0 saturated carbocycles. The zero-order chi connectivity index (χ0) is 28.1. The smallest absolute Gasteiger partial charge is 0.165 e. The van der Waals surface area contributed by atoms with Crippen LogP contribution in [0.25, 0.3) is 0 Å². The molecule has 0 heterocycles. The summed E-state index contributed by atoms with van der Waals surface area (Å²) in [5, 5.41) is 9.60. The van der Waals surface area contributed by atoms with Crippen LogP contribution < -0.4 is 14.2 Å². The van der Waals surface area contributed by atoms with E-state index in [4.69, 9.17) is 14.2 Å². The van der Waals surface area contributed by atoms with E-state index < -0.39 is 0 Å². The molecule has 0 bridgehead atoms. The van der Waals surface area contributed by atoms with Crippen molar-refractivity contribution in [3.63, 3.8) is 0 Å². The largest absolute Gasteiger partial charge is 0.489 e. The molecule has 5 rings (SSSR count). The monoisotopic (exact) mass is 539 g/mol. The number of nitrogens with zero attached hydrogens (tertiary/aromatic N) is 1. The van der Waals surface area contributed by atoms with Gasteiger partial charge in [0.1, 0.15) is 25.6 Å². The molecule has 41 heavy (non-hydrogen) atoms. The summed E-state index contributed by atoms with van der Waals surface area (Å²) in [7, 11) is 0. The van der Waals surface area contributed by atoms with Crippen molar-refractivity contribution in [3.05, 3.63) is 161 Å². The van der Waals surface area contributed by atoms with E-state index >= 15 is 0 Å². The maximum absolute atomic E-state index is 9.60. The standard InChI is InChI=1S/C37H33NO3/c38-24-23-33-20-22-36(40-27-31-13-6-2-7-14-31)37(41-28-32-15-8-3-9-16-32)35(33)21-19-29-17-10-18-34(25-29)39-26-30-11-4-1-5-12-30/h1-18,20,22,25H,19,21,23,26-28H2. The summed E-state index contributed by atoms with van der Waals surface area (Å²) in [5.74, 6) is 2.22. The highest BCUT2D eigenvalue weighted by atomic mass is 16.5. The first-order valence-corrected chi connectivity index (χ1v) is 13.9. The van der Waals surface area contributed by atoms with Gasteiger partial charge in [0, 0.05) is 5.56 Å². The fourth-order valence-electron chi connectivity index (χ4n) is 4.71. The highest BCUT2D eigenvalue weighted by molar-refractivity contribution is 5.52. The number of rotatable bonds is 13. The number of hydrogen-bond acceptors (Lipinski definition) is 4. The number of ether oxygens (including phenoxy) is 3. The van der Waals surface area contributed by atoms with Crippen molar-refractivity contribution in [2.45, 2.75) is 39.1 Å². The Balaban J connectivity index is 1.38. The summed E-state index contributed by atoms with van der Waals surface area (Å²) < 4.78 is 18.8. The molecule has 0 amide bonds. The highest BCUT2D eigenvalue weighted by Crippen LogP contribution is 2.36. The number of hydrogen-bond donors (Lipinski definition) is 0. The van der Waals surface area contributed by atoms with Gasteiger partial charge in [-0.3, -0.25) is 0 Å². The normalized spacial score (nSPS) is 10.5. The van der Waals surface area contributed by atoms with Gasteiger partial charge in [-0.25, -0.2) is 0 Å². The van der Waals surface area contributed by atoms with Crippen molar-refractivity contribution >= 4 is 0 Å². The third kappa shape index (κ3) is 8.00. The lowest BCUT2D eigenvalue weighted by Crippen LogP contribution is -2.07. The third-order valence-electron chi connectivity index (χ3n) is 6.86. The highest BCUT2D eigenvalue weighted by Gasteiger charge is 2.17. The Morgan fingerprint density at radius 2 is 1.07 bits per heavy atom. The lowest BCUT2D eigenvalue weighted by Gasteiger charge is -2.19. The van der Waals surface area contributed by atoms with Crippen LogP contribution in [0.5, 0.6) is 17.2 Å². The van der Waals surface area contributed by atoms with Crippen LogP contribution >= 0.6 is 0 Å². The zero-order valence-electron chi connectivity index (χ0n) is 23.0. The van der Waals surface area contributed by atoms with Crippen molar-refractivity contribution in [1.82, 2.24) is 0 Å². The van der Waals surface area contributed by atoms with Crippen LogP contribution in [-0.2, 0) is 39.1 Å². The average molecular weight is 540 g/mol. The maximum Gasteiger partial charge on any atom is 0.165 e. The third-order valence-corrected chi connectivity index (χ3v) is 6.86. The van der Waals surface area contributed by atoms with E-state index in [0.29, 0.717) is 44.2 Å². The van der Waals surface area contributed by atoms with Crippen LogP contribution in [0.15, 0.2) is 127 Å². The molecule has 4 heteroatoms. The first-order valence-electron chi connectivity index (χ1n) is 13.9. The maximum atomic E-state index is 9.60. The molecular weight excluding hydrogens is 506 g/mol. The molecule has 0 aliphatic heterocycles. The van der Waals surface area contributed by atoms with Crippen LogP contribution in [-0.4, -0.2) is 0 Å². The molecule has 0 aliphatic rings. The second-order valence-electron chi connectivity index (χ2n) is 9.84. The van der Waals surface area contributed by atoms with E-state index in [0.717, 1.165) is 45.6 Å². The van der Waals surface area contributed by atoms with Crippen LogP contribution in [0.2, 0.25) is 0 Å². The van der Waals surface area contributed by atoms with Crippen LogP contribution in [0.3, 0.4) is 0 Å². The van der Waals surface area contributed by atoms with Gasteiger partial charge in [0.15, 0.2) is 11.5 Å². The topological polar surface area (TPSA) is 51.5 Å². The van der Waals surface area contributed by atoms with E-state index in [1.165, 1.54) is 0 Å². The second-order valence-corrected chi connectivity index (χ2v) is 9.84. The van der Waals surface area contributed by atoms with Crippen molar-refractivity contribution in [1.29, 1.82) is 5.26 Å². The van der Waals surface area contributed by atoms with Gasteiger partial charge in [0.05, 0.1) is 12.5 Å². The molecule has 0 atom stereocenters. The predicted octanol–water partition coefficient (Wildman–Crippen LogP) is 8.27. The Bertz CT molecular complexity index is 1560. The lowest BCUT2D eigenvalue weighted by atomic mass is 9.96. The average Bonchev–Trinajstić information content (AvgIpc) is 3.03. The van der Waals surface area contributed by atoms with E-state index in [1.807, 2.05) is 103 Å². The van der Waals surface area contributed by atoms with Crippen LogP contribution in [0, 0.1) is 11.3 Å². The molecule has 0 spiro atoms. The minimum Gasteiger partial charge on any atom is -0.489 e. The first-order chi connectivity index (χ1) is 20.3. The molecule has 0 radical (unpaired) electrons. The first kappa shape index (κ1) is 27.6. The molecule has 0 fully saturated rings. The molecule has 0 saturated heterocycles. The van der Waals surface area contributed by atoms with Crippen molar-refractivity contribution in [2.75, 3.05) is 0 Å². The van der Waals surface area contributed by atoms with Gasteiger partial charge in [0.25, 0.3) is 0 Å². The molecule has 204 valence electrons. The molecule has 5 aromatic carbocycles. The van der Waals surface area contributed by atoms with Gasteiger partial charge in [-0.1, -0.05) is 109 Å². The predicted molar refractivity (Wildman–Crippen MR) is 162 cm³/mol. The minimum absolute atomic E-state index is 0.302. The van der Waals surface area contributed by atoms with Crippen molar-refractivity contribution in [2.24, 2.45) is 0 Å². The van der Waals surface area contributed by atoms with Gasteiger partial charge in [-0.05, 0) is 58.9 Å². The number of nitriles is 1.